The number of anilines is 5. The molecule has 43 heavy (non-hydrogen) atoms. The number of rotatable bonds is 10. The lowest BCUT2D eigenvalue weighted by atomic mass is 10.1. The zero-order valence-electron chi connectivity index (χ0n) is 23.1. The quantitative estimate of drug-likeness (QED) is 0.123. The molecule has 0 aliphatic heterocycles. The Hall–Kier alpha value is -4.69. The maximum absolute atomic E-state index is 13.0. The summed E-state index contributed by atoms with van der Waals surface area (Å²) in [5, 5.41) is 20.8. The SMILES string of the molecule is CCN=[S-](=O)c1ccc(Nc2ncc(-c3ccc(NC(=O)Nc4cccc(C(F)(F)F)c4)cc3)c(NC(C)CO)n2)cc1. The first-order valence-corrected chi connectivity index (χ1v) is 14.2. The summed E-state index contributed by atoms with van der Waals surface area (Å²) in [5.41, 5.74) is 1.54. The molecule has 1 aromatic heterocycles. The summed E-state index contributed by atoms with van der Waals surface area (Å²) in [7, 11) is -1.42. The number of hydrogen-bond acceptors (Lipinski definition) is 9. The second-order valence-electron chi connectivity index (χ2n) is 9.26. The fourth-order valence-corrected chi connectivity index (χ4v) is 4.57. The van der Waals surface area contributed by atoms with Crippen molar-refractivity contribution in [2.75, 3.05) is 34.4 Å². The van der Waals surface area contributed by atoms with E-state index >= 15 is 0 Å². The Bertz CT molecular complexity index is 1640. The van der Waals surface area contributed by atoms with Gasteiger partial charge in [0.25, 0.3) is 0 Å². The van der Waals surface area contributed by atoms with E-state index in [1.54, 1.807) is 61.7 Å². The van der Waals surface area contributed by atoms with Gasteiger partial charge in [0.15, 0.2) is 0 Å². The van der Waals surface area contributed by atoms with Crippen LogP contribution in [0.3, 0.4) is 0 Å². The Balaban J connectivity index is 1.49. The van der Waals surface area contributed by atoms with Crippen LogP contribution in [0.4, 0.5) is 46.8 Å². The van der Waals surface area contributed by atoms with Gasteiger partial charge in [-0.25, -0.2) is 9.78 Å². The average molecular weight is 613 g/mol. The number of nitrogens with one attached hydrogen (secondary N) is 4. The molecule has 4 aromatic rings. The minimum Gasteiger partial charge on any atom is -0.440 e. The molecule has 226 valence electrons. The molecule has 10 nitrogen and oxygen atoms in total. The predicted octanol–water partition coefficient (Wildman–Crippen LogP) is 6.87. The summed E-state index contributed by atoms with van der Waals surface area (Å²) in [6, 6.07) is 16.9. The first-order chi connectivity index (χ1) is 20.5. The minimum absolute atomic E-state index is 0.00133. The summed E-state index contributed by atoms with van der Waals surface area (Å²) < 4.78 is 54.9. The number of aromatic nitrogens is 2. The molecular formula is C29H29F3N7O3S-. The van der Waals surface area contributed by atoms with E-state index < -0.39 is 28.4 Å². The molecule has 2 amide bonds. The Kier molecular flexibility index (Phi) is 10.2. The molecule has 0 saturated carbocycles. The van der Waals surface area contributed by atoms with Crippen LogP contribution in [0.1, 0.15) is 19.4 Å². The van der Waals surface area contributed by atoms with Crippen LogP contribution in [0.25, 0.3) is 11.1 Å². The van der Waals surface area contributed by atoms with E-state index in [1.807, 2.05) is 6.92 Å². The number of halogens is 3. The summed E-state index contributed by atoms with van der Waals surface area (Å²) in [4.78, 5) is 22.0. The summed E-state index contributed by atoms with van der Waals surface area (Å²) in [6.45, 7) is 3.91. The molecule has 3 aromatic carbocycles. The van der Waals surface area contributed by atoms with Gasteiger partial charge in [-0.3, -0.25) is 0 Å². The molecule has 0 fully saturated rings. The number of hydrogen-bond donors (Lipinski definition) is 5. The van der Waals surface area contributed by atoms with Gasteiger partial charge in [0.05, 0.1) is 12.2 Å². The highest BCUT2D eigenvalue weighted by Crippen LogP contribution is 2.31. The first kappa shape index (κ1) is 31.3. The lowest BCUT2D eigenvalue weighted by Crippen LogP contribution is -2.21. The van der Waals surface area contributed by atoms with Gasteiger partial charge in [0.2, 0.25) is 5.95 Å². The summed E-state index contributed by atoms with van der Waals surface area (Å²) in [6.07, 6.45) is -2.92. The van der Waals surface area contributed by atoms with Gasteiger partial charge in [0, 0.05) is 41.4 Å². The van der Waals surface area contributed by atoms with Crippen molar-refractivity contribution in [1.82, 2.24) is 9.97 Å². The van der Waals surface area contributed by atoms with Crippen molar-refractivity contribution < 1.29 is 27.3 Å². The van der Waals surface area contributed by atoms with Gasteiger partial charge in [-0.1, -0.05) is 35.2 Å². The van der Waals surface area contributed by atoms with Crippen LogP contribution in [0.5, 0.6) is 0 Å². The van der Waals surface area contributed by atoms with Crippen LogP contribution in [-0.2, 0) is 21.0 Å². The minimum atomic E-state index is -4.52. The van der Waals surface area contributed by atoms with Crippen LogP contribution in [0.15, 0.2) is 88.3 Å². The smallest absolute Gasteiger partial charge is 0.416 e. The van der Waals surface area contributed by atoms with Crippen molar-refractivity contribution in [3.8, 4) is 11.1 Å². The molecule has 0 aliphatic carbocycles. The van der Waals surface area contributed by atoms with Crippen LogP contribution >= 0.6 is 0 Å². The van der Waals surface area contributed by atoms with E-state index in [0.717, 1.165) is 12.1 Å². The molecule has 0 radical (unpaired) electrons. The summed E-state index contributed by atoms with van der Waals surface area (Å²) in [5.74, 6) is 0.731. The third kappa shape index (κ3) is 8.66. The fraction of sp³-hybridized carbons (Fsp3) is 0.207. The van der Waals surface area contributed by atoms with Crippen molar-refractivity contribution in [2.45, 2.75) is 31.0 Å². The first-order valence-electron chi connectivity index (χ1n) is 13.1. The van der Waals surface area contributed by atoms with Crippen molar-refractivity contribution in [2.24, 2.45) is 4.36 Å². The molecule has 1 heterocycles. The van der Waals surface area contributed by atoms with E-state index in [0.29, 0.717) is 39.8 Å². The molecule has 4 rings (SSSR count). The number of aliphatic hydroxyl groups excluding tert-OH is 1. The van der Waals surface area contributed by atoms with E-state index in [-0.39, 0.29) is 24.3 Å². The normalized spacial score (nSPS) is 12.8. The number of alkyl halides is 3. The Morgan fingerprint density at radius 3 is 2.33 bits per heavy atom. The molecule has 0 aliphatic rings. The molecule has 1 unspecified atom stereocenters. The molecular weight excluding hydrogens is 583 g/mol. The van der Waals surface area contributed by atoms with Crippen LogP contribution in [0.2, 0.25) is 0 Å². The zero-order chi connectivity index (χ0) is 31.0. The van der Waals surface area contributed by atoms with E-state index in [1.165, 1.54) is 12.1 Å². The van der Waals surface area contributed by atoms with Crippen molar-refractivity contribution in [3.63, 3.8) is 0 Å². The molecule has 0 spiro atoms. The van der Waals surface area contributed by atoms with Crippen LogP contribution in [0, 0.1) is 0 Å². The molecule has 1 atom stereocenters. The van der Waals surface area contributed by atoms with E-state index in [2.05, 4.69) is 35.6 Å². The monoisotopic (exact) mass is 612 g/mol. The van der Waals surface area contributed by atoms with E-state index in [9.17, 15) is 27.3 Å². The Morgan fingerprint density at radius 2 is 1.67 bits per heavy atom. The zero-order valence-corrected chi connectivity index (χ0v) is 24.0. The second kappa shape index (κ2) is 14.0. The van der Waals surface area contributed by atoms with Crippen molar-refractivity contribution in [1.29, 1.82) is 0 Å². The van der Waals surface area contributed by atoms with Gasteiger partial charge in [0.1, 0.15) is 5.82 Å². The number of amides is 2. The predicted molar refractivity (Wildman–Crippen MR) is 161 cm³/mol. The second-order valence-corrected chi connectivity index (χ2v) is 10.5. The maximum Gasteiger partial charge on any atom is 0.416 e. The van der Waals surface area contributed by atoms with Gasteiger partial charge >= 0.3 is 12.2 Å². The lowest BCUT2D eigenvalue weighted by Gasteiger charge is -2.17. The Morgan fingerprint density at radius 1 is 1.00 bits per heavy atom. The van der Waals surface area contributed by atoms with Crippen LogP contribution in [-0.4, -0.2) is 40.3 Å². The lowest BCUT2D eigenvalue weighted by molar-refractivity contribution is -0.137. The van der Waals surface area contributed by atoms with Crippen molar-refractivity contribution in [3.05, 3.63) is 84.6 Å². The number of benzene rings is 3. The van der Waals surface area contributed by atoms with Crippen LogP contribution < -0.4 is 21.3 Å². The van der Waals surface area contributed by atoms with E-state index in [4.69, 9.17) is 0 Å². The highest BCUT2D eigenvalue weighted by atomic mass is 32.2. The molecule has 5 N–H and O–H groups in total. The fourth-order valence-electron chi connectivity index (χ4n) is 3.82. The largest absolute Gasteiger partial charge is 0.440 e. The van der Waals surface area contributed by atoms with Crippen molar-refractivity contribution >= 4 is 45.5 Å². The number of carbonyl (C=O) groups is 1. The third-order valence-corrected chi connectivity index (χ3v) is 7.07. The number of aliphatic hydroxyl groups is 1. The molecule has 14 heteroatoms. The highest BCUT2D eigenvalue weighted by Gasteiger charge is 2.30. The number of urea groups is 1. The highest BCUT2D eigenvalue weighted by molar-refractivity contribution is 7.74. The van der Waals surface area contributed by atoms with Gasteiger partial charge in [-0.05, 0) is 61.9 Å². The number of carbonyl (C=O) groups excluding carboxylic acids is 1. The number of nitrogens with zero attached hydrogens (tertiary/aromatic N) is 3. The van der Waals surface area contributed by atoms with Gasteiger partial charge in [-0.2, -0.15) is 28.8 Å². The van der Waals surface area contributed by atoms with Gasteiger partial charge < -0.3 is 34.9 Å². The molecule has 0 saturated heterocycles. The topological polar surface area (TPSA) is 141 Å². The third-order valence-electron chi connectivity index (χ3n) is 5.91. The maximum atomic E-state index is 13.0. The molecule has 0 bridgehead atoms. The standard InChI is InChI=1S/C29H29F3N7O3S/c1-3-34-43(42)24-13-11-21(12-14-24)36-27-33-16-25(26(39-27)35-18(2)17-40)19-7-9-22(10-8-19)37-28(41)38-23-6-4-5-20(15-23)29(30,31)32/h4-16,18,40H,3,17H2,1-2H3,(H2,37,38,41)(H2,33,35,36,39)/q-1. The van der Waals surface area contributed by atoms with Gasteiger partial charge in [-0.15, -0.1) is 0 Å². The Labute approximate surface area is 248 Å². The average Bonchev–Trinajstić information content (AvgIpc) is 2.98. The summed E-state index contributed by atoms with van der Waals surface area (Å²) >= 11 is 0.